The van der Waals surface area contributed by atoms with E-state index in [4.69, 9.17) is 4.74 Å². The summed E-state index contributed by atoms with van der Waals surface area (Å²) in [5, 5.41) is 3.34. The third-order valence-corrected chi connectivity index (χ3v) is 7.26. The van der Waals surface area contributed by atoms with Gasteiger partial charge in [-0.05, 0) is 54.4 Å². The molecule has 0 aromatic heterocycles. The molecule has 1 amide bonds. The molecule has 3 fully saturated rings. The average molecular weight is 327 g/mol. The molecular formula is C21H29NO2. The minimum Gasteiger partial charge on any atom is -0.373 e. The third kappa shape index (κ3) is 2.17. The van der Waals surface area contributed by atoms with Gasteiger partial charge in [0.1, 0.15) is 0 Å². The predicted octanol–water partition coefficient (Wildman–Crippen LogP) is 4.01. The normalized spacial score (nSPS) is 39.5. The van der Waals surface area contributed by atoms with E-state index in [1.54, 1.807) is 6.92 Å². The van der Waals surface area contributed by atoms with Crippen LogP contribution in [0.15, 0.2) is 24.3 Å². The Morgan fingerprint density at radius 1 is 1.25 bits per heavy atom. The highest BCUT2D eigenvalue weighted by Crippen LogP contribution is 2.70. The van der Waals surface area contributed by atoms with Crippen molar-refractivity contribution in [2.24, 2.45) is 22.7 Å². The zero-order valence-electron chi connectivity index (χ0n) is 15.3. The van der Waals surface area contributed by atoms with Crippen LogP contribution < -0.4 is 5.32 Å². The first-order valence-electron chi connectivity index (χ1n) is 9.30. The van der Waals surface area contributed by atoms with Crippen molar-refractivity contribution >= 4 is 5.91 Å². The monoisotopic (exact) mass is 327 g/mol. The first-order chi connectivity index (χ1) is 11.3. The van der Waals surface area contributed by atoms with Crippen LogP contribution in [0.2, 0.25) is 0 Å². The number of carbonyl (C=O) groups excluding carboxylic acids is 1. The smallest absolute Gasteiger partial charge is 0.217 e. The summed E-state index contributed by atoms with van der Waals surface area (Å²) in [4.78, 5) is 11.9. The SMILES string of the molecule is CC(=O)N[C@H]1C(C)(C)[C@@H]2C[C@@H]3[C@@H](c4ccc(C)cc4)OCC[C@@]31C2. The summed E-state index contributed by atoms with van der Waals surface area (Å²) in [7, 11) is 0. The van der Waals surface area contributed by atoms with E-state index in [2.05, 4.69) is 50.4 Å². The Morgan fingerprint density at radius 2 is 1.96 bits per heavy atom. The quantitative estimate of drug-likeness (QED) is 0.891. The lowest BCUT2D eigenvalue weighted by atomic mass is 9.59. The second-order valence-corrected chi connectivity index (χ2v) is 8.88. The van der Waals surface area contributed by atoms with Crippen LogP contribution >= 0.6 is 0 Å². The van der Waals surface area contributed by atoms with Crippen molar-refractivity contribution in [3.63, 3.8) is 0 Å². The van der Waals surface area contributed by atoms with E-state index in [0.29, 0.717) is 11.8 Å². The molecule has 1 N–H and O–H groups in total. The van der Waals surface area contributed by atoms with Gasteiger partial charge in [-0.2, -0.15) is 0 Å². The Bertz CT molecular complexity index is 650. The van der Waals surface area contributed by atoms with Gasteiger partial charge in [-0.25, -0.2) is 0 Å². The first-order valence-corrected chi connectivity index (χ1v) is 9.30. The maximum Gasteiger partial charge on any atom is 0.217 e. The summed E-state index contributed by atoms with van der Waals surface area (Å²) in [5.74, 6) is 1.30. The number of ether oxygens (including phenoxy) is 1. The lowest BCUT2D eigenvalue weighted by Gasteiger charge is -2.53. The second-order valence-electron chi connectivity index (χ2n) is 8.88. The Kier molecular flexibility index (Phi) is 3.58. The van der Waals surface area contributed by atoms with E-state index in [0.717, 1.165) is 13.0 Å². The van der Waals surface area contributed by atoms with Crippen LogP contribution in [-0.2, 0) is 9.53 Å². The van der Waals surface area contributed by atoms with Gasteiger partial charge in [-0.1, -0.05) is 43.7 Å². The van der Waals surface area contributed by atoms with Gasteiger partial charge < -0.3 is 10.1 Å². The van der Waals surface area contributed by atoms with Crippen molar-refractivity contribution in [3.05, 3.63) is 35.4 Å². The van der Waals surface area contributed by atoms with Crippen LogP contribution in [0.25, 0.3) is 0 Å². The molecule has 1 saturated heterocycles. The number of hydrogen-bond donors (Lipinski definition) is 1. The van der Waals surface area contributed by atoms with Crippen LogP contribution in [0.5, 0.6) is 0 Å². The third-order valence-electron chi connectivity index (χ3n) is 7.26. The van der Waals surface area contributed by atoms with E-state index >= 15 is 0 Å². The van der Waals surface area contributed by atoms with E-state index < -0.39 is 0 Å². The molecule has 2 aliphatic carbocycles. The van der Waals surface area contributed by atoms with Crippen LogP contribution in [0, 0.1) is 29.6 Å². The van der Waals surface area contributed by atoms with Crippen LogP contribution in [0.4, 0.5) is 0 Å². The minimum absolute atomic E-state index is 0.104. The first kappa shape index (κ1) is 16.1. The van der Waals surface area contributed by atoms with Crippen molar-refractivity contribution in [1.82, 2.24) is 5.32 Å². The fourth-order valence-corrected chi connectivity index (χ4v) is 6.08. The van der Waals surface area contributed by atoms with Gasteiger partial charge in [0.15, 0.2) is 0 Å². The molecule has 2 saturated carbocycles. The van der Waals surface area contributed by atoms with Crippen LogP contribution in [0.3, 0.4) is 0 Å². The van der Waals surface area contributed by atoms with Crippen molar-refractivity contribution < 1.29 is 9.53 Å². The highest BCUT2D eigenvalue weighted by atomic mass is 16.5. The zero-order valence-corrected chi connectivity index (χ0v) is 15.3. The number of carbonyl (C=O) groups is 1. The van der Waals surface area contributed by atoms with Crippen LogP contribution in [-0.4, -0.2) is 18.6 Å². The minimum atomic E-state index is 0.104. The van der Waals surface area contributed by atoms with Crippen molar-refractivity contribution in [2.45, 2.75) is 59.1 Å². The van der Waals surface area contributed by atoms with E-state index in [9.17, 15) is 4.79 Å². The molecule has 1 aromatic rings. The van der Waals surface area contributed by atoms with E-state index in [-0.39, 0.29) is 28.9 Å². The summed E-state index contributed by atoms with van der Waals surface area (Å²) < 4.78 is 6.27. The lowest BCUT2D eigenvalue weighted by Crippen LogP contribution is -2.58. The average Bonchev–Trinajstić information content (AvgIpc) is 3.01. The molecule has 1 aromatic carbocycles. The highest BCUT2D eigenvalue weighted by Gasteiger charge is 2.68. The van der Waals surface area contributed by atoms with Gasteiger partial charge in [0.25, 0.3) is 0 Å². The Balaban J connectivity index is 1.71. The standard InChI is InChI=1S/C21H29NO2/c1-13-5-7-15(8-6-13)18-17-11-16-12-21(17,9-10-24-18)19(20(16,3)4)22-14(2)23/h5-8,16-19H,9-12H2,1-4H3,(H,22,23)/t16-,17-,18-,19+,21-/m1/s1. The number of fused-ring (bicyclic) bond motifs is 1. The summed E-state index contributed by atoms with van der Waals surface area (Å²) >= 11 is 0. The fraction of sp³-hybridized carbons (Fsp3) is 0.667. The molecule has 2 bridgehead atoms. The van der Waals surface area contributed by atoms with Gasteiger partial charge in [0.2, 0.25) is 5.91 Å². The van der Waals surface area contributed by atoms with Crippen molar-refractivity contribution in [3.8, 4) is 0 Å². The maximum atomic E-state index is 11.9. The Hall–Kier alpha value is -1.35. The Labute approximate surface area is 145 Å². The van der Waals surface area contributed by atoms with E-state index in [1.807, 2.05) is 0 Å². The Morgan fingerprint density at radius 3 is 2.62 bits per heavy atom. The molecule has 0 radical (unpaired) electrons. The molecule has 130 valence electrons. The largest absolute Gasteiger partial charge is 0.373 e. The second kappa shape index (κ2) is 5.32. The van der Waals surface area contributed by atoms with Gasteiger partial charge in [0, 0.05) is 19.6 Å². The summed E-state index contributed by atoms with van der Waals surface area (Å²) in [6.45, 7) is 9.28. The lowest BCUT2D eigenvalue weighted by molar-refractivity contribution is -0.135. The molecule has 3 heteroatoms. The number of rotatable bonds is 2. The maximum absolute atomic E-state index is 11.9. The van der Waals surface area contributed by atoms with Gasteiger partial charge in [-0.15, -0.1) is 0 Å². The number of aryl methyl sites for hydroxylation is 1. The van der Waals surface area contributed by atoms with Crippen LogP contribution in [0.1, 0.15) is 57.3 Å². The zero-order chi connectivity index (χ0) is 17.1. The topological polar surface area (TPSA) is 38.3 Å². The highest BCUT2D eigenvalue weighted by molar-refractivity contribution is 5.73. The number of amides is 1. The summed E-state index contributed by atoms with van der Waals surface area (Å²) in [5.41, 5.74) is 2.97. The molecule has 1 spiro atoms. The number of nitrogens with one attached hydrogen (secondary N) is 1. The molecule has 3 aliphatic rings. The molecule has 3 nitrogen and oxygen atoms in total. The predicted molar refractivity (Wildman–Crippen MR) is 94.5 cm³/mol. The molecule has 1 heterocycles. The molecule has 5 atom stereocenters. The molecule has 4 rings (SSSR count). The fourth-order valence-electron chi connectivity index (χ4n) is 6.08. The number of hydrogen-bond acceptors (Lipinski definition) is 2. The van der Waals surface area contributed by atoms with Crippen molar-refractivity contribution in [1.29, 1.82) is 0 Å². The molecular weight excluding hydrogens is 298 g/mol. The molecule has 24 heavy (non-hydrogen) atoms. The van der Waals surface area contributed by atoms with Crippen molar-refractivity contribution in [2.75, 3.05) is 6.61 Å². The number of benzene rings is 1. The van der Waals surface area contributed by atoms with Gasteiger partial charge in [0.05, 0.1) is 6.10 Å². The van der Waals surface area contributed by atoms with Gasteiger partial charge in [-0.3, -0.25) is 4.79 Å². The summed E-state index contributed by atoms with van der Waals surface area (Å²) in [6.07, 6.45) is 3.71. The molecule has 0 unspecified atom stereocenters. The molecule has 1 aliphatic heterocycles. The summed E-state index contributed by atoms with van der Waals surface area (Å²) in [6, 6.07) is 9.08. The van der Waals surface area contributed by atoms with Gasteiger partial charge >= 0.3 is 0 Å². The van der Waals surface area contributed by atoms with E-state index in [1.165, 1.54) is 24.0 Å².